The molecule has 0 aliphatic rings. The summed E-state index contributed by atoms with van der Waals surface area (Å²) in [7, 11) is 0. The van der Waals surface area contributed by atoms with Gasteiger partial charge in [-0.25, -0.2) is 4.39 Å². The molecule has 0 aliphatic heterocycles. The fourth-order valence-corrected chi connectivity index (χ4v) is 2.83. The molecular formula is C22H24FNO3. The van der Waals surface area contributed by atoms with Gasteiger partial charge in [0.25, 0.3) is 0 Å². The molecule has 0 radical (unpaired) electrons. The smallest absolute Gasteiger partial charge is 0.123 e. The molecule has 2 aromatic carbocycles. The van der Waals surface area contributed by atoms with Crippen LogP contribution in [0.15, 0.2) is 71.3 Å². The van der Waals surface area contributed by atoms with Crippen LogP contribution in [-0.4, -0.2) is 29.3 Å². The number of aryl methyl sites for hydroxylation is 1. The molecule has 1 heterocycles. The van der Waals surface area contributed by atoms with Crippen LogP contribution in [0, 0.1) is 12.7 Å². The maximum absolute atomic E-state index is 13.1. The van der Waals surface area contributed by atoms with Crippen molar-refractivity contribution < 1.29 is 18.7 Å². The van der Waals surface area contributed by atoms with Crippen molar-refractivity contribution in [1.82, 2.24) is 4.90 Å². The summed E-state index contributed by atoms with van der Waals surface area (Å²) in [6.07, 6.45) is 0.962. The number of hydrogen-bond donors (Lipinski definition) is 1. The summed E-state index contributed by atoms with van der Waals surface area (Å²) < 4.78 is 24.2. The number of rotatable bonds is 9. The Morgan fingerprint density at radius 3 is 2.44 bits per heavy atom. The number of hydrogen-bond acceptors (Lipinski definition) is 4. The average Bonchev–Trinajstić information content (AvgIpc) is 3.16. The molecule has 0 bridgehead atoms. The fourth-order valence-electron chi connectivity index (χ4n) is 2.83. The van der Waals surface area contributed by atoms with Gasteiger partial charge in [0.2, 0.25) is 0 Å². The van der Waals surface area contributed by atoms with Crippen molar-refractivity contribution in [2.75, 3.05) is 13.2 Å². The van der Waals surface area contributed by atoms with Gasteiger partial charge in [0.05, 0.1) is 12.8 Å². The second kappa shape index (κ2) is 9.35. The highest BCUT2D eigenvalue weighted by Crippen LogP contribution is 2.14. The third-order valence-electron chi connectivity index (χ3n) is 4.21. The van der Waals surface area contributed by atoms with Crippen LogP contribution in [-0.2, 0) is 13.1 Å². The number of nitrogens with zero attached hydrogens (tertiary/aromatic N) is 1. The molecule has 27 heavy (non-hydrogen) atoms. The Morgan fingerprint density at radius 2 is 1.78 bits per heavy atom. The summed E-state index contributed by atoms with van der Waals surface area (Å²) in [6.45, 7) is 3.74. The first-order valence-corrected chi connectivity index (χ1v) is 8.95. The first kappa shape index (κ1) is 19.1. The van der Waals surface area contributed by atoms with Crippen LogP contribution in [0.5, 0.6) is 5.75 Å². The molecule has 1 unspecified atom stereocenters. The molecule has 1 aromatic heterocycles. The van der Waals surface area contributed by atoms with Gasteiger partial charge >= 0.3 is 0 Å². The molecule has 0 aliphatic carbocycles. The summed E-state index contributed by atoms with van der Waals surface area (Å²) in [5.74, 6) is 1.28. The van der Waals surface area contributed by atoms with E-state index in [-0.39, 0.29) is 12.4 Å². The van der Waals surface area contributed by atoms with Crippen molar-refractivity contribution in [2.45, 2.75) is 26.1 Å². The van der Waals surface area contributed by atoms with E-state index in [0.29, 0.717) is 19.6 Å². The van der Waals surface area contributed by atoms with Gasteiger partial charge in [-0.2, -0.15) is 0 Å². The number of ether oxygens (including phenoxy) is 1. The normalized spacial score (nSPS) is 12.3. The van der Waals surface area contributed by atoms with E-state index in [0.717, 1.165) is 22.6 Å². The van der Waals surface area contributed by atoms with Crippen molar-refractivity contribution >= 4 is 0 Å². The number of aliphatic hydroxyl groups excluding tert-OH is 1. The zero-order chi connectivity index (χ0) is 19.1. The van der Waals surface area contributed by atoms with E-state index in [9.17, 15) is 9.50 Å². The van der Waals surface area contributed by atoms with E-state index < -0.39 is 6.10 Å². The van der Waals surface area contributed by atoms with Crippen LogP contribution in [0.4, 0.5) is 4.39 Å². The Kier molecular flexibility index (Phi) is 6.63. The minimum atomic E-state index is -0.665. The molecule has 0 spiro atoms. The van der Waals surface area contributed by atoms with Crippen molar-refractivity contribution in [3.05, 3.63) is 89.6 Å². The van der Waals surface area contributed by atoms with Gasteiger partial charge in [0.15, 0.2) is 0 Å². The lowest BCUT2D eigenvalue weighted by atomic mass is 10.2. The number of aliphatic hydroxyl groups is 1. The van der Waals surface area contributed by atoms with Gasteiger partial charge in [-0.1, -0.05) is 29.8 Å². The van der Waals surface area contributed by atoms with Crippen LogP contribution < -0.4 is 4.74 Å². The van der Waals surface area contributed by atoms with Gasteiger partial charge in [0.1, 0.15) is 30.0 Å². The zero-order valence-electron chi connectivity index (χ0n) is 15.3. The van der Waals surface area contributed by atoms with Gasteiger partial charge in [-0.3, -0.25) is 4.90 Å². The summed E-state index contributed by atoms with van der Waals surface area (Å²) in [5.41, 5.74) is 2.13. The third kappa shape index (κ3) is 6.24. The molecule has 0 saturated heterocycles. The predicted molar refractivity (Wildman–Crippen MR) is 102 cm³/mol. The Hall–Kier alpha value is -2.63. The molecular weight excluding hydrogens is 345 g/mol. The highest BCUT2D eigenvalue weighted by Gasteiger charge is 2.15. The molecule has 0 amide bonds. The summed E-state index contributed by atoms with van der Waals surface area (Å²) in [4.78, 5) is 2.05. The number of halogens is 1. The second-order valence-electron chi connectivity index (χ2n) is 6.65. The molecule has 142 valence electrons. The quantitative estimate of drug-likeness (QED) is 0.615. The zero-order valence-corrected chi connectivity index (χ0v) is 15.3. The number of benzene rings is 2. The van der Waals surface area contributed by atoms with E-state index in [1.807, 2.05) is 43.3 Å². The highest BCUT2D eigenvalue weighted by atomic mass is 19.1. The van der Waals surface area contributed by atoms with Gasteiger partial charge in [-0.15, -0.1) is 0 Å². The van der Waals surface area contributed by atoms with Gasteiger partial charge in [-0.05, 0) is 48.9 Å². The molecule has 3 aromatic rings. The largest absolute Gasteiger partial charge is 0.491 e. The molecule has 4 nitrogen and oxygen atoms in total. The maximum Gasteiger partial charge on any atom is 0.123 e. The van der Waals surface area contributed by atoms with E-state index in [1.54, 1.807) is 18.4 Å². The van der Waals surface area contributed by atoms with Crippen LogP contribution in [0.2, 0.25) is 0 Å². The van der Waals surface area contributed by atoms with Crippen LogP contribution in [0.3, 0.4) is 0 Å². The topological polar surface area (TPSA) is 45.8 Å². The Morgan fingerprint density at radius 1 is 1.04 bits per heavy atom. The third-order valence-corrected chi connectivity index (χ3v) is 4.21. The lowest BCUT2D eigenvalue weighted by Gasteiger charge is -2.24. The predicted octanol–water partition coefficient (Wildman–Crippen LogP) is 4.17. The lowest BCUT2D eigenvalue weighted by Crippen LogP contribution is -2.35. The molecule has 0 fully saturated rings. The molecule has 5 heteroatoms. The fraction of sp³-hybridized carbons (Fsp3) is 0.273. The molecule has 1 atom stereocenters. The lowest BCUT2D eigenvalue weighted by molar-refractivity contribution is 0.0604. The Bertz CT molecular complexity index is 801. The maximum atomic E-state index is 13.1. The van der Waals surface area contributed by atoms with Gasteiger partial charge < -0.3 is 14.3 Å². The Labute approximate surface area is 158 Å². The summed E-state index contributed by atoms with van der Waals surface area (Å²) in [6, 6.07) is 17.8. The minimum Gasteiger partial charge on any atom is -0.491 e. The van der Waals surface area contributed by atoms with Crippen LogP contribution in [0.1, 0.15) is 16.9 Å². The minimum absolute atomic E-state index is 0.196. The van der Waals surface area contributed by atoms with E-state index in [1.165, 1.54) is 12.1 Å². The van der Waals surface area contributed by atoms with Crippen molar-refractivity contribution in [1.29, 1.82) is 0 Å². The Balaban J connectivity index is 1.59. The SMILES string of the molecule is Cc1ccc(OCC(O)CN(Cc2ccc(F)cc2)Cc2ccco2)cc1. The monoisotopic (exact) mass is 369 g/mol. The van der Waals surface area contributed by atoms with Gasteiger partial charge in [0, 0.05) is 13.1 Å². The molecule has 3 rings (SSSR count). The van der Waals surface area contributed by atoms with Crippen molar-refractivity contribution in [3.8, 4) is 5.75 Å². The highest BCUT2D eigenvalue weighted by molar-refractivity contribution is 5.26. The first-order valence-electron chi connectivity index (χ1n) is 8.95. The summed E-state index contributed by atoms with van der Waals surface area (Å²) in [5, 5.41) is 10.4. The van der Waals surface area contributed by atoms with E-state index in [4.69, 9.17) is 9.15 Å². The van der Waals surface area contributed by atoms with E-state index >= 15 is 0 Å². The standard InChI is InChI=1S/C22H24FNO3/c1-17-4-10-21(11-5-17)27-16-20(25)14-24(15-22-3-2-12-26-22)13-18-6-8-19(23)9-7-18/h2-12,20,25H,13-16H2,1H3. The summed E-state index contributed by atoms with van der Waals surface area (Å²) >= 11 is 0. The van der Waals surface area contributed by atoms with Crippen molar-refractivity contribution in [3.63, 3.8) is 0 Å². The number of furan rings is 1. The molecule has 1 N–H and O–H groups in total. The second-order valence-corrected chi connectivity index (χ2v) is 6.65. The molecule has 0 saturated carbocycles. The van der Waals surface area contributed by atoms with Crippen LogP contribution >= 0.6 is 0 Å². The average molecular weight is 369 g/mol. The van der Waals surface area contributed by atoms with Crippen molar-refractivity contribution in [2.24, 2.45) is 0 Å². The first-order chi connectivity index (χ1) is 13.1. The van der Waals surface area contributed by atoms with E-state index in [2.05, 4.69) is 4.90 Å². The van der Waals surface area contributed by atoms with Crippen LogP contribution in [0.25, 0.3) is 0 Å².